The van der Waals surface area contributed by atoms with Gasteiger partial charge in [-0.15, -0.1) is 0 Å². The molecule has 1 saturated carbocycles. The van der Waals surface area contributed by atoms with Crippen LogP contribution in [0.3, 0.4) is 0 Å². The summed E-state index contributed by atoms with van der Waals surface area (Å²) in [5.74, 6) is 0.695. The number of nitrogens with zero attached hydrogens (tertiary/aromatic N) is 4. The van der Waals surface area contributed by atoms with E-state index in [0.717, 1.165) is 99.1 Å². The SMILES string of the molecule is Cn1c(=O)n(C2CCC(=O)NC2=O)c2cccc(CCCOCCOCCOCCOCCNC3CCC(Nc4ncnc5[nH]cc(C6CCOCC6)c45)CC3)c21. The van der Waals surface area contributed by atoms with E-state index in [1.54, 1.807) is 17.9 Å². The fourth-order valence-electron chi connectivity index (χ4n) is 8.47. The first-order chi connectivity index (χ1) is 28.0. The Morgan fingerprint density at radius 3 is 2.28 bits per heavy atom. The second kappa shape index (κ2) is 20.5. The molecule has 16 nitrogen and oxygen atoms in total. The second-order valence-corrected chi connectivity index (χ2v) is 15.2. The number of anilines is 1. The number of H-pyrrole nitrogens is 1. The predicted octanol–water partition coefficient (Wildman–Crippen LogP) is 3.49. The van der Waals surface area contributed by atoms with Gasteiger partial charge in [0, 0.05) is 58.1 Å². The van der Waals surface area contributed by atoms with Crippen LogP contribution >= 0.6 is 0 Å². The van der Waals surface area contributed by atoms with Gasteiger partial charge in [0.1, 0.15) is 23.8 Å². The molecule has 2 amide bonds. The van der Waals surface area contributed by atoms with E-state index in [0.29, 0.717) is 82.8 Å². The number of fused-ring (bicyclic) bond motifs is 2. The standard InChI is InChI=1S/C41H58N8O8/c1-48-37-29(4-2-6-33(37)49(41(48)52)34-11-12-35(50)47-40(34)51)5-3-16-53-20-22-56-24-25-57-23-21-55-19-15-42-30-7-9-31(10-8-30)46-39-36-32(28-13-17-54-18-14-28)26-43-38(36)44-27-45-39/h2,4,6,26-28,30-31,34,42H,3,5,7-25H2,1H3,(H,47,50,51)(H2,43,44,45,46). The molecule has 4 aromatic rings. The van der Waals surface area contributed by atoms with Gasteiger partial charge >= 0.3 is 5.69 Å². The number of ether oxygens (including phenoxy) is 5. The number of aromatic amines is 1. The number of imide groups is 1. The fraction of sp³-hybridized carbons (Fsp3) is 0.634. The summed E-state index contributed by atoms with van der Waals surface area (Å²) in [5.41, 5.74) is 4.47. The Kier molecular flexibility index (Phi) is 14.7. The molecular weight excluding hydrogens is 732 g/mol. The highest BCUT2D eigenvalue weighted by Crippen LogP contribution is 2.35. The van der Waals surface area contributed by atoms with Gasteiger partial charge in [-0.1, -0.05) is 12.1 Å². The summed E-state index contributed by atoms with van der Waals surface area (Å²) in [6, 6.07) is 5.95. The molecule has 1 atom stereocenters. The van der Waals surface area contributed by atoms with E-state index in [2.05, 4.69) is 37.1 Å². The Morgan fingerprint density at radius 1 is 0.842 bits per heavy atom. The minimum atomic E-state index is -0.694. The molecule has 7 rings (SSSR count). The lowest BCUT2D eigenvalue weighted by Gasteiger charge is -2.30. The zero-order chi connectivity index (χ0) is 39.4. The van der Waals surface area contributed by atoms with E-state index < -0.39 is 11.9 Å². The molecule has 3 fully saturated rings. The zero-order valence-corrected chi connectivity index (χ0v) is 33.1. The zero-order valence-electron chi connectivity index (χ0n) is 33.1. The highest BCUT2D eigenvalue weighted by atomic mass is 16.6. The van der Waals surface area contributed by atoms with Gasteiger partial charge in [0.05, 0.1) is 62.7 Å². The van der Waals surface area contributed by atoms with Gasteiger partial charge in [-0.05, 0) is 80.9 Å². The van der Waals surface area contributed by atoms with Crippen LogP contribution in [0, 0.1) is 0 Å². The summed E-state index contributed by atoms with van der Waals surface area (Å²) in [6.07, 6.45) is 12.3. The van der Waals surface area contributed by atoms with Crippen LogP contribution < -0.4 is 21.6 Å². The lowest BCUT2D eigenvalue weighted by Crippen LogP contribution is -2.44. The molecule has 3 aromatic heterocycles. The topological polar surface area (TPSA) is 185 Å². The molecule has 57 heavy (non-hydrogen) atoms. The molecule has 3 aliphatic rings. The Hall–Kier alpha value is -4.19. The fourth-order valence-corrected chi connectivity index (χ4v) is 8.47. The van der Waals surface area contributed by atoms with Crippen molar-refractivity contribution in [3.05, 3.63) is 52.3 Å². The van der Waals surface area contributed by atoms with E-state index in [9.17, 15) is 14.4 Å². The smallest absolute Gasteiger partial charge is 0.329 e. The molecule has 310 valence electrons. The second-order valence-electron chi connectivity index (χ2n) is 15.2. The van der Waals surface area contributed by atoms with E-state index >= 15 is 0 Å². The van der Waals surface area contributed by atoms with Crippen molar-refractivity contribution in [3.8, 4) is 0 Å². The first kappa shape index (κ1) is 41.0. The maximum Gasteiger partial charge on any atom is 0.329 e. The largest absolute Gasteiger partial charge is 0.381 e. The van der Waals surface area contributed by atoms with Crippen molar-refractivity contribution in [1.82, 2.24) is 34.7 Å². The number of aromatic nitrogens is 5. The number of aryl methyl sites for hydroxylation is 2. The van der Waals surface area contributed by atoms with Crippen LogP contribution in [0.25, 0.3) is 22.1 Å². The van der Waals surface area contributed by atoms with Crippen LogP contribution in [0.5, 0.6) is 0 Å². The number of carbonyl (C=O) groups is 2. The lowest BCUT2D eigenvalue weighted by molar-refractivity contribution is -0.135. The molecule has 0 bridgehead atoms. The molecule has 16 heteroatoms. The average molecular weight is 791 g/mol. The predicted molar refractivity (Wildman–Crippen MR) is 215 cm³/mol. The molecule has 0 radical (unpaired) electrons. The molecule has 2 saturated heterocycles. The van der Waals surface area contributed by atoms with Crippen LogP contribution in [-0.2, 0) is 46.7 Å². The third-order valence-electron chi connectivity index (χ3n) is 11.5. The summed E-state index contributed by atoms with van der Waals surface area (Å²) in [7, 11) is 1.72. The molecular formula is C41H58N8O8. The molecule has 4 N–H and O–H groups in total. The van der Waals surface area contributed by atoms with E-state index in [-0.39, 0.29) is 18.0 Å². The van der Waals surface area contributed by atoms with Gasteiger partial charge in [-0.3, -0.25) is 24.0 Å². The van der Waals surface area contributed by atoms with Crippen LogP contribution in [0.15, 0.2) is 35.5 Å². The number of rotatable bonds is 21. The monoisotopic (exact) mass is 790 g/mol. The van der Waals surface area contributed by atoms with Crippen molar-refractivity contribution in [2.24, 2.45) is 7.05 Å². The number of carbonyl (C=O) groups excluding carboxylic acids is 2. The summed E-state index contributed by atoms with van der Waals surface area (Å²) in [5, 5.41) is 10.9. The average Bonchev–Trinajstić information content (AvgIpc) is 3.78. The molecule has 5 heterocycles. The summed E-state index contributed by atoms with van der Waals surface area (Å²) in [4.78, 5) is 49.8. The third kappa shape index (κ3) is 10.5. The Labute approximate surface area is 332 Å². The first-order valence-electron chi connectivity index (χ1n) is 20.7. The first-order valence-corrected chi connectivity index (χ1v) is 20.7. The van der Waals surface area contributed by atoms with Crippen LogP contribution in [0.4, 0.5) is 5.82 Å². The van der Waals surface area contributed by atoms with Gasteiger partial charge in [-0.25, -0.2) is 14.8 Å². The highest BCUT2D eigenvalue weighted by molar-refractivity contribution is 6.00. The number of benzene rings is 1. The minimum Gasteiger partial charge on any atom is -0.381 e. The summed E-state index contributed by atoms with van der Waals surface area (Å²) >= 11 is 0. The van der Waals surface area contributed by atoms with E-state index in [1.165, 1.54) is 10.1 Å². The van der Waals surface area contributed by atoms with Gasteiger partial charge in [-0.2, -0.15) is 0 Å². The maximum atomic E-state index is 13.1. The van der Waals surface area contributed by atoms with Crippen LogP contribution in [0.2, 0.25) is 0 Å². The van der Waals surface area contributed by atoms with Gasteiger partial charge in [0.25, 0.3) is 0 Å². The van der Waals surface area contributed by atoms with Crippen molar-refractivity contribution in [2.75, 3.05) is 77.9 Å². The summed E-state index contributed by atoms with van der Waals surface area (Å²) in [6.45, 7) is 6.69. The molecule has 1 aliphatic carbocycles. The van der Waals surface area contributed by atoms with E-state index in [4.69, 9.17) is 23.7 Å². The van der Waals surface area contributed by atoms with Gasteiger partial charge in [0.15, 0.2) is 0 Å². The normalized spacial score (nSPS) is 20.8. The quantitative estimate of drug-likeness (QED) is 0.0713. The summed E-state index contributed by atoms with van der Waals surface area (Å²) < 4.78 is 31.5. The third-order valence-corrected chi connectivity index (χ3v) is 11.5. The van der Waals surface area contributed by atoms with Crippen molar-refractivity contribution in [3.63, 3.8) is 0 Å². The lowest BCUT2D eigenvalue weighted by atomic mass is 9.90. The number of hydrogen-bond donors (Lipinski definition) is 4. The van der Waals surface area contributed by atoms with E-state index in [1.807, 2.05) is 18.2 Å². The molecule has 0 spiro atoms. The molecule has 2 aliphatic heterocycles. The molecule has 1 unspecified atom stereocenters. The number of amides is 2. The number of imidazole rings is 1. The number of para-hydroxylation sites is 1. The van der Waals surface area contributed by atoms with Gasteiger partial charge in [0.2, 0.25) is 11.8 Å². The Balaban J connectivity index is 0.684. The number of nitrogens with one attached hydrogen (secondary N) is 4. The minimum absolute atomic E-state index is 0.214. The number of piperidine rings is 1. The van der Waals surface area contributed by atoms with Crippen LogP contribution in [-0.4, -0.2) is 121 Å². The van der Waals surface area contributed by atoms with Crippen molar-refractivity contribution < 1.29 is 33.3 Å². The molecule has 1 aromatic carbocycles. The maximum absolute atomic E-state index is 13.1. The highest BCUT2D eigenvalue weighted by Gasteiger charge is 2.32. The van der Waals surface area contributed by atoms with Crippen LogP contribution in [0.1, 0.15) is 80.9 Å². The van der Waals surface area contributed by atoms with Crippen molar-refractivity contribution >= 4 is 39.7 Å². The Bertz CT molecular complexity index is 1980. The van der Waals surface area contributed by atoms with Crippen molar-refractivity contribution in [2.45, 2.75) is 88.3 Å². The van der Waals surface area contributed by atoms with Gasteiger partial charge < -0.3 is 39.3 Å². The number of hydrogen-bond acceptors (Lipinski definition) is 12. The van der Waals surface area contributed by atoms with Crippen molar-refractivity contribution in [1.29, 1.82) is 0 Å². The Morgan fingerprint density at radius 2 is 1.54 bits per heavy atom.